The first kappa shape index (κ1) is 12.1. The first-order valence-electron chi connectivity index (χ1n) is 5.69. The zero-order chi connectivity index (χ0) is 12.3. The molecule has 0 fully saturated rings. The highest BCUT2D eigenvalue weighted by Gasteiger charge is 2.11. The standard InChI is InChI=1S/C14H17NOS/c1-11(16)13-7-3-4-8-14(13)15(2)10-12-6-5-9-17-12/h3-9,11,16H,10H2,1-2H3/t11-/m0/s1. The predicted molar refractivity (Wildman–Crippen MR) is 73.5 cm³/mol. The molecule has 90 valence electrons. The fraction of sp³-hybridized carbons (Fsp3) is 0.286. The largest absolute Gasteiger partial charge is 0.389 e. The second kappa shape index (κ2) is 5.34. The lowest BCUT2D eigenvalue weighted by molar-refractivity contribution is 0.199. The minimum atomic E-state index is -0.433. The molecular weight excluding hydrogens is 230 g/mol. The monoisotopic (exact) mass is 247 g/mol. The fourth-order valence-corrected chi connectivity index (χ4v) is 2.67. The molecule has 1 atom stereocenters. The molecule has 0 unspecified atom stereocenters. The van der Waals surface area contributed by atoms with Crippen molar-refractivity contribution in [2.45, 2.75) is 19.6 Å². The third kappa shape index (κ3) is 2.87. The van der Waals surface area contributed by atoms with E-state index in [1.54, 1.807) is 18.3 Å². The molecule has 1 N–H and O–H groups in total. The molecule has 3 heteroatoms. The maximum Gasteiger partial charge on any atom is 0.0781 e. The van der Waals surface area contributed by atoms with Crippen LogP contribution < -0.4 is 4.90 Å². The molecule has 0 saturated carbocycles. The zero-order valence-corrected chi connectivity index (χ0v) is 10.9. The molecule has 0 radical (unpaired) electrons. The average Bonchev–Trinajstić information content (AvgIpc) is 2.81. The second-order valence-electron chi connectivity index (χ2n) is 4.17. The van der Waals surface area contributed by atoms with Gasteiger partial charge in [0, 0.05) is 23.2 Å². The quantitative estimate of drug-likeness (QED) is 0.894. The van der Waals surface area contributed by atoms with Crippen molar-refractivity contribution < 1.29 is 5.11 Å². The van der Waals surface area contributed by atoms with Gasteiger partial charge < -0.3 is 10.0 Å². The summed E-state index contributed by atoms with van der Waals surface area (Å²) in [4.78, 5) is 3.50. The maximum absolute atomic E-state index is 9.76. The highest BCUT2D eigenvalue weighted by molar-refractivity contribution is 7.09. The van der Waals surface area contributed by atoms with Gasteiger partial charge in [0.05, 0.1) is 12.6 Å². The van der Waals surface area contributed by atoms with E-state index in [9.17, 15) is 5.11 Å². The van der Waals surface area contributed by atoms with E-state index in [0.29, 0.717) is 0 Å². The van der Waals surface area contributed by atoms with E-state index < -0.39 is 6.10 Å². The molecule has 0 bridgehead atoms. The number of para-hydroxylation sites is 1. The van der Waals surface area contributed by atoms with E-state index in [0.717, 1.165) is 17.8 Å². The van der Waals surface area contributed by atoms with Gasteiger partial charge in [-0.15, -0.1) is 11.3 Å². The molecule has 17 heavy (non-hydrogen) atoms. The molecule has 2 rings (SSSR count). The maximum atomic E-state index is 9.76. The van der Waals surface area contributed by atoms with Gasteiger partial charge in [-0.25, -0.2) is 0 Å². The lowest BCUT2D eigenvalue weighted by atomic mass is 10.1. The van der Waals surface area contributed by atoms with Gasteiger partial charge in [0.1, 0.15) is 0 Å². The summed E-state index contributed by atoms with van der Waals surface area (Å²) in [7, 11) is 2.06. The molecule has 0 amide bonds. The third-order valence-electron chi connectivity index (χ3n) is 2.77. The van der Waals surface area contributed by atoms with Crippen molar-refractivity contribution in [2.75, 3.05) is 11.9 Å². The first-order chi connectivity index (χ1) is 8.18. The normalized spacial score (nSPS) is 12.4. The van der Waals surface area contributed by atoms with E-state index in [1.165, 1.54) is 4.88 Å². The molecule has 1 aromatic carbocycles. The summed E-state index contributed by atoms with van der Waals surface area (Å²) in [5, 5.41) is 11.8. The molecule has 2 nitrogen and oxygen atoms in total. The number of hydrogen-bond acceptors (Lipinski definition) is 3. The van der Waals surface area contributed by atoms with E-state index in [4.69, 9.17) is 0 Å². The number of aliphatic hydroxyl groups excluding tert-OH is 1. The Balaban J connectivity index is 2.21. The average molecular weight is 247 g/mol. The van der Waals surface area contributed by atoms with Crippen LogP contribution in [-0.4, -0.2) is 12.2 Å². The number of rotatable bonds is 4. The Kier molecular flexibility index (Phi) is 3.82. The minimum absolute atomic E-state index is 0.433. The smallest absolute Gasteiger partial charge is 0.0781 e. The number of thiophene rings is 1. The summed E-state index contributed by atoms with van der Waals surface area (Å²) in [6.07, 6.45) is -0.433. The molecule has 0 aliphatic carbocycles. The molecular formula is C14H17NOS. The molecule has 1 aromatic heterocycles. The van der Waals surface area contributed by atoms with Gasteiger partial charge in [-0.1, -0.05) is 24.3 Å². The van der Waals surface area contributed by atoms with Gasteiger partial charge in [-0.05, 0) is 24.4 Å². The topological polar surface area (TPSA) is 23.5 Å². The summed E-state index contributed by atoms with van der Waals surface area (Å²) in [6, 6.07) is 12.2. The van der Waals surface area contributed by atoms with Crippen LogP contribution in [0.1, 0.15) is 23.5 Å². The van der Waals surface area contributed by atoms with Crippen LogP contribution in [0.15, 0.2) is 41.8 Å². The SMILES string of the molecule is C[C@H](O)c1ccccc1N(C)Cc1cccs1. The number of benzene rings is 1. The number of anilines is 1. The van der Waals surface area contributed by atoms with Crippen molar-refractivity contribution in [2.24, 2.45) is 0 Å². The van der Waals surface area contributed by atoms with Crippen molar-refractivity contribution in [3.63, 3.8) is 0 Å². The van der Waals surface area contributed by atoms with Crippen molar-refractivity contribution >= 4 is 17.0 Å². The van der Waals surface area contributed by atoms with Crippen LogP contribution in [0.3, 0.4) is 0 Å². The van der Waals surface area contributed by atoms with Crippen LogP contribution in [0.5, 0.6) is 0 Å². The van der Waals surface area contributed by atoms with Crippen LogP contribution >= 0.6 is 11.3 Å². The summed E-state index contributed by atoms with van der Waals surface area (Å²) in [5.41, 5.74) is 2.07. The predicted octanol–water partition coefficient (Wildman–Crippen LogP) is 3.44. The van der Waals surface area contributed by atoms with Crippen molar-refractivity contribution in [3.8, 4) is 0 Å². The van der Waals surface area contributed by atoms with Crippen molar-refractivity contribution in [3.05, 3.63) is 52.2 Å². The van der Waals surface area contributed by atoms with Crippen LogP contribution in [0, 0.1) is 0 Å². The zero-order valence-electron chi connectivity index (χ0n) is 10.1. The Hall–Kier alpha value is -1.32. The summed E-state index contributed by atoms with van der Waals surface area (Å²) in [6.45, 7) is 2.68. The van der Waals surface area contributed by atoms with E-state index >= 15 is 0 Å². The summed E-state index contributed by atoms with van der Waals surface area (Å²) < 4.78 is 0. The number of nitrogens with zero attached hydrogens (tertiary/aromatic N) is 1. The van der Waals surface area contributed by atoms with Gasteiger partial charge in [0.2, 0.25) is 0 Å². The molecule has 0 aliphatic rings. The van der Waals surface area contributed by atoms with Gasteiger partial charge in [0.15, 0.2) is 0 Å². The van der Waals surface area contributed by atoms with Crippen LogP contribution in [0.2, 0.25) is 0 Å². The van der Waals surface area contributed by atoms with Crippen LogP contribution in [-0.2, 0) is 6.54 Å². The van der Waals surface area contributed by atoms with Gasteiger partial charge >= 0.3 is 0 Å². The third-order valence-corrected chi connectivity index (χ3v) is 3.63. The van der Waals surface area contributed by atoms with E-state index in [-0.39, 0.29) is 0 Å². The fourth-order valence-electron chi connectivity index (χ4n) is 1.91. The van der Waals surface area contributed by atoms with Crippen molar-refractivity contribution in [1.82, 2.24) is 0 Å². The second-order valence-corrected chi connectivity index (χ2v) is 5.20. The van der Waals surface area contributed by atoms with Gasteiger partial charge in [-0.2, -0.15) is 0 Å². The molecule has 0 saturated heterocycles. The minimum Gasteiger partial charge on any atom is -0.389 e. The Bertz CT molecular complexity index is 465. The molecule has 0 spiro atoms. The van der Waals surface area contributed by atoms with Crippen LogP contribution in [0.4, 0.5) is 5.69 Å². The van der Waals surface area contributed by atoms with Crippen LogP contribution in [0.25, 0.3) is 0 Å². The highest BCUT2D eigenvalue weighted by Crippen LogP contribution is 2.26. The van der Waals surface area contributed by atoms with E-state index in [1.807, 2.05) is 18.2 Å². The number of aliphatic hydroxyl groups is 1. The first-order valence-corrected chi connectivity index (χ1v) is 6.57. The number of hydrogen-bond donors (Lipinski definition) is 1. The molecule has 2 aromatic rings. The Morgan fingerprint density at radius 2 is 2.00 bits per heavy atom. The lowest BCUT2D eigenvalue weighted by Gasteiger charge is -2.23. The summed E-state index contributed by atoms with van der Waals surface area (Å²) >= 11 is 1.76. The Labute approximate surface area is 106 Å². The molecule has 1 heterocycles. The highest BCUT2D eigenvalue weighted by atomic mass is 32.1. The van der Waals surface area contributed by atoms with Gasteiger partial charge in [0.25, 0.3) is 0 Å². The van der Waals surface area contributed by atoms with E-state index in [2.05, 4.69) is 35.5 Å². The summed E-state index contributed by atoms with van der Waals surface area (Å²) in [5.74, 6) is 0. The van der Waals surface area contributed by atoms with Gasteiger partial charge in [-0.3, -0.25) is 0 Å². The molecule has 0 aliphatic heterocycles. The Morgan fingerprint density at radius 3 is 2.65 bits per heavy atom. The Morgan fingerprint density at radius 1 is 1.24 bits per heavy atom. The lowest BCUT2D eigenvalue weighted by Crippen LogP contribution is -2.17. The van der Waals surface area contributed by atoms with Crippen molar-refractivity contribution in [1.29, 1.82) is 0 Å².